The first-order valence-corrected chi connectivity index (χ1v) is 10.2. The van der Waals surface area contributed by atoms with E-state index in [0.29, 0.717) is 17.7 Å². The maximum atomic E-state index is 12.5. The molecule has 0 saturated carbocycles. The molecule has 0 spiro atoms. The van der Waals surface area contributed by atoms with Crippen molar-refractivity contribution in [2.45, 2.75) is 70.6 Å². The fraction of sp³-hybridized carbons (Fsp3) is 0.458. The Kier molecular flexibility index (Phi) is 9.47. The molecule has 2 bridgehead atoms. The third kappa shape index (κ3) is 7.46. The highest BCUT2D eigenvalue weighted by atomic mass is 16.4. The lowest BCUT2D eigenvalue weighted by Crippen LogP contribution is -2.12. The third-order valence-electron chi connectivity index (χ3n) is 4.69. The molecule has 1 aliphatic carbocycles. The summed E-state index contributed by atoms with van der Waals surface area (Å²) in [6, 6.07) is 1.62. The van der Waals surface area contributed by atoms with Crippen molar-refractivity contribution in [2.75, 3.05) is 0 Å². The van der Waals surface area contributed by atoms with Crippen LogP contribution in [-0.4, -0.2) is 5.11 Å². The van der Waals surface area contributed by atoms with Crippen LogP contribution in [0.25, 0.3) is 0 Å². The molecule has 0 saturated heterocycles. The van der Waals surface area contributed by atoms with Gasteiger partial charge >= 0.3 is 5.63 Å². The summed E-state index contributed by atoms with van der Waals surface area (Å²) >= 11 is 0. The Balaban J connectivity index is 2.29. The molecule has 1 atom stereocenters. The van der Waals surface area contributed by atoms with E-state index in [2.05, 4.69) is 31.2 Å². The predicted octanol–water partition coefficient (Wildman–Crippen LogP) is 6.35. The van der Waals surface area contributed by atoms with Crippen LogP contribution in [0.4, 0.5) is 0 Å². The van der Waals surface area contributed by atoms with E-state index in [1.165, 1.54) is 12.8 Å². The van der Waals surface area contributed by atoms with Crippen LogP contribution in [0, 0.1) is 0 Å². The number of fused-ring (bicyclic) bond motifs is 11. The highest BCUT2D eigenvalue weighted by Crippen LogP contribution is 2.27. The quantitative estimate of drug-likeness (QED) is 0.630. The number of allylic oxidation sites excluding steroid dienone is 8. The lowest BCUT2D eigenvalue weighted by molar-refractivity contribution is 0.407. The lowest BCUT2D eigenvalue weighted by atomic mass is 9.97. The Morgan fingerprint density at radius 2 is 1.96 bits per heavy atom. The molecule has 1 unspecified atom stereocenters. The highest BCUT2D eigenvalue weighted by molar-refractivity contribution is 5.38. The molecule has 3 heteroatoms. The smallest absolute Gasteiger partial charge is 0.343 e. The maximum absolute atomic E-state index is 12.5. The molecule has 27 heavy (non-hydrogen) atoms. The van der Waals surface area contributed by atoms with Crippen LogP contribution in [0.2, 0.25) is 0 Å². The molecule has 2 heterocycles. The van der Waals surface area contributed by atoms with Gasteiger partial charge in [-0.1, -0.05) is 68.4 Å². The second-order valence-electron chi connectivity index (χ2n) is 6.96. The summed E-state index contributed by atoms with van der Waals surface area (Å²) in [5, 5.41) is 10.5. The number of aryl methyl sites for hydroxylation is 1. The number of rotatable bonds is 4. The largest absolute Gasteiger partial charge is 0.507 e. The van der Waals surface area contributed by atoms with Crippen molar-refractivity contribution in [3.63, 3.8) is 0 Å². The van der Waals surface area contributed by atoms with Gasteiger partial charge in [-0.3, -0.25) is 0 Å². The van der Waals surface area contributed by atoms with Crippen LogP contribution >= 0.6 is 0 Å². The van der Waals surface area contributed by atoms with E-state index in [1.807, 2.05) is 24.3 Å². The van der Waals surface area contributed by atoms with Gasteiger partial charge in [0.1, 0.15) is 11.5 Å². The monoisotopic (exact) mass is 368 g/mol. The van der Waals surface area contributed by atoms with Gasteiger partial charge in [-0.05, 0) is 38.5 Å². The molecule has 0 fully saturated rings. The zero-order valence-electron chi connectivity index (χ0n) is 16.4. The van der Waals surface area contributed by atoms with Crippen molar-refractivity contribution in [3.8, 4) is 5.75 Å². The standard InChI is InChI=1S/C24H32O3/c1-2-3-4-10-13-16-20-17-14-11-8-6-5-7-9-12-15-18-21-19-22(25)23(20)24(26)27-21/h3-4,6,8,13-14,16-17,19-20,25H,2,5,7,9-12,15,18H2,1H3. The fourth-order valence-corrected chi connectivity index (χ4v) is 3.22. The average Bonchev–Trinajstić information content (AvgIpc) is 2.63. The van der Waals surface area contributed by atoms with Crippen molar-refractivity contribution < 1.29 is 9.52 Å². The van der Waals surface area contributed by atoms with Gasteiger partial charge in [0.05, 0.1) is 5.56 Å². The first kappa shape index (κ1) is 21.0. The molecule has 1 aliphatic heterocycles. The second kappa shape index (κ2) is 12.2. The van der Waals surface area contributed by atoms with Crippen LogP contribution < -0.4 is 5.63 Å². The minimum absolute atomic E-state index is 0.0345. The zero-order chi connectivity index (χ0) is 19.3. The van der Waals surface area contributed by atoms with Crippen LogP contribution in [0.5, 0.6) is 5.75 Å². The van der Waals surface area contributed by atoms with E-state index >= 15 is 0 Å². The summed E-state index contributed by atoms with van der Waals surface area (Å²) in [5.41, 5.74) is -0.113. The van der Waals surface area contributed by atoms with Crippen molar-refractivity contribution in [2.24, 2.45) is 0 Å². The lowest BCUT2D eigenvalue weighted by Gasteiger charge is -2.11. The summed E-state index contributed by atoms with van der Waals surface area (Å²) in [4.78, 5) is 12.5. The summed E-state index contributed by atoms with van der Waals surface area (Å²) in [5.74, 6) is 0.324. The molecule has 0 aromatic carbocycles. The molecule has 1 aromatic rings. The summed E-state index contributed by atoms with van der Waals surface area (Å²) < 4.78 is 5.50. The number of aromatic hydroxyl groups is 1. The van der Waals surface area contributed by atoms with Gasteiger partial charge in [0.25, 0.3) is 0 Å². The Bertz CT molecular complexity index is 734. The zero-order valence-corrected chi connectivity index (χ0v) is 16.4. The van der Waals surface area contributed by atoms with Gasteiger partial charge < -0.3 is 9.52 Å². The SMILES string of the molecule is CCC=CCC=CC1C=CCC=CCCCCCCc2cc(O)c1c(=O)o2. The molecule has 1 N–H and O–H groups in total. The summed E-state index contributed by atoms with van der Waals surface area (Å²) in [6.07, 6.45) is 25.5. The van der Waals surface area contributed by atoms with Crippen molar-refractivity contribution in [1.82, 2.24) is 0 Å². The Labute approximate surface area is 162 Å². The van der Waals surface area contributed by atoms with Crippen molar-refractivity contribution in [3.05, 3.63) is 76.4 Å². The van der Waals surface area contributed by atoms with E-state index in [1.54, 1.807) is 6.07 Å². The minimum atomic E-state index is -0.434. The topological polar surface area (TPSA) is 50.4 Å². The molecule has 146 valence electrons. The molecule has 1 aromatic heterocycles. The van der Waals surface area contributed by atoms with Gasteiger partial charge in [-0.15, -0.1) is 0 Å². The summed E-state index contributed by atoms with van der Waals surface area (Å²) in [6.45, 7) is 2.10. The van der Waals surface area contributed by atoms with Gasteiger partial charge in [-0.25, -0.2) is 4.79 Å². The van der Waals surface area contributed by atoms with E-state index in [9.17, 15) is 9.90 Å². The fourth-order valence-electron chi connectivity index (χ4n) is 3.22. The Morgan fingerprint density at radius 3 is 2.78 bits per heavy atom. The number of hydrogen-bond donors (Lipinski definition) is 1. The first-order chi connectivity index (χ1) is 13.2. The van der Waals surface area contributed by atoms with E-state index in [4.69, 9.17) is 4.42 Å². The third-order valence-corrected chi connectivity index (χ3v) is 4.69. The molecule has 3 rings (SSSR count). The molecule has 2 aliphatic rings. The van der Waals surface area contributed by atoms with Crippen LogP contribution in [0.3, 0.4) is 0 Å². The molecule has 0 amide bonds. The van der Waals surface area contributed by atoms with Gasteiger partial charge in [0, 0.05) is 18.4 Å². The molecule has 3 nitrogen and oxygen atoms in total. The van der Waals surface area contributed by atoms with Gasteiger partial charge in [0.15, 0.2) is 0 Å². The number of hydrogen-bond acceptors (Lipinski definition) is 3. The molecular formula is C24H32O3. The first-order valence-electron chi connectivity index (χ1n) is 10.2. The normalized spacial score (nSPS) is 19.4. The predicted molar refractivity (Wildman–Crippen MR) is 112 cm³/mol. The minimum Gasteiger partial charge on any atom is -0.507 e. The van der Waals surface area contributed by atoms with E-state index in [0.717, 1.165) is 38.5 Å². The van der Waals surface area contributed by atoms with Gasteiger partial charge in [-0.2, -0.15) is 0 Å². The molecule has 0 radical (unpaired) electrons. The van der Waals surface area contributed by atoms with Crippen molar-refractivity contribution in [1.29, 1.82) is 0 Å². The van der Waals surface area contributed by atoms with E-state index < -0.39 is 5.63 Å². The molecular weight excluding hydrogens is 336 g/mol. The summed E-state index contributed by atoms with van der Waals surface area (Å²) in [7, 11) is 0. The van der Waals surface area contributed by atoms with Gasteiger partial charge in [0.2, 0.25) is 0 Å². The highest BCUT2D eigenvalue weighted by Gasteiger charge is 2.17. The van der Waals surface area contributed by atoms with Crippen molar-refractivity contribution >= 4 is 0 Å². The Hall–Kier alpha value is -2.29. The van der Waals surface area contributed by atoms with E-state index in [-0.39, 0.29) is 11.7 Å². The van der Waals surface area contributed by atoms with Crippen LogP contribution in [-0.2, 0) is 6.42 Å². The maximum Gasteiger partial charge on any atom is 0.343 e. The average molecular weight is 369 g/mol. The van der Waals surface area contributed by atoms with Crippen LogP contribution in [0.15, 0.2) is 63.9 Å². The van der Waals surface area contributed by atoms with Crippen LogP contribution in [0.1, 0.15) is 75.5 Å². The Morgan fingerprint density at radius 1 is 1.11 bits per heavy atom. The second-order valence-corrected chi connectivity index (χ2v) is 6.96.